The van der Waals surface area contributed by atoms with E-state index in [1.54, 1.807) is 20.1 Å². The number of aliphatic hydroxyl groups excluding tert-OH is 1. The number of amides is 1. The zero-order valence-corrected chi connectivity index (χ0v) is 19.7. The first-order valence-corrected chi connectivity index (χ1v) is 11.8. The largest absolute Gasteiger partial charge is 0.503 e. The number of ketones is 1. The fourth-order valence-electron chi connectivity index (χ4n) is 3.97. The average Bonchev–Trinajstić information content (AvgIpc) is 3.46. The number of methoxy groups -OCH3 is 1. The number of Topliss-reactive ketones (excluding diaryl/α,β-unsaturated/α-hetero) is 1. The minimum absolute atomic E-state index is 0.0368. The molecule has 0 saturated carbocycles. The monoisotopic (exact) mass is 477 g/mol. The molecular weight excluding hydrogens is 458 g/mol. The zero-order valence-electron chi connectivity index (χ0n) is 18.0. The molecule has 4 aromatic rings. The van der Waals surface area contributed by atoms with Gasteiger partial charge in [0.15, 0.2) is 10.9 Å². The number of carbonyl (C=O) groups excluding carboxylic acids is 2. The molecular formula is C24H19N3O4S2. The van der Waals surface area contributed by atoms with Gasteiger partial charge in [-0.1, -0.05) is 41.7 Å². The van der Waals surface area contributed by atoms with Gasteiger partial charge < -0.3 is 9.84 Å². The number of aliphatic hydroxyl groups is 1. The van der Waals surface area contributed by atoms with Crippen molar-refractivity contribution in [2.24, 2.45) is 0 Å². The van der Waals surface area contributed by atoms with Crippen LogP contribution in [-0.4, -0.2) is 33.9 Å². The molecule has 1 N–H and O–H groups in total. The molecule has 2 aromatic carbocycles. The van der Waals surface area contributed by atoms with Gasteiger partial charge >= 0.3 is 0 Å². The van der Waals surface area contributed by atoms with Crippen molar-refractivity contribution in [2.45, 2.75) is 19.9 Å². The Bertz CT molecular complexity index is 1440. The molecule has 0 radical (unpaired) electrons. The van der Waals surface area contributed by atoms with Gasteiger partial charge in [0, 0.05) is 0 Å². The smallest absolute Gasteiger partial charge is 0.296 e. The van der Waals surface area contributed by atoms with Crippen LogP contribution in [0.4, 0.5) is 5.13 Å². The first-order chi connectivity index (χ1) is 15.9. The lowest BCUT2D eigenvalue weighted by Crippen LogP contribution is -2.30. The highest BCUT2D eigenvalue weighted by Crippen LogP contribution is 2.45. The lowest BCUT2D eigenvalue weighted by atomic mass is 9.95. The summed E-state index contributed by atoms with van der Waals surface area (Å²) >= 11 is 2.55. The first kappa shape index (κ1) is 21.3. The molecule has 3 heterocycles. The van der Waals surface area contributed by atoms with Crippen molar-refractivity contribution < 1.29 is 19.4 Å². The molecule has 0 spiro atoms. The van der Waals surface area contributed by atoms with Crippen molar-refractivity contribution in [1.82, 2.24) is 9.97 Å². The van der Waals surface area contributed by atoms with Crippen molar-refractivity contribution in [3.63, 3.8) is 0 Å². The molecule has 1 unspecified atom stereocenters. The quantitative estimate of drug-likeness (QED) is 0.399. The van der Waals surface area contributed by atoms with Crippen molar-refractivity contribution in [1.29, 1.82) is 0 Å². The summed E-state index contributed by atoms with van der Waals surface area (Å²) in [6, 6.07) is 13.8. The van der Waals surface area contributed by atoms with Gasteiger partial charge in [-0.25, -0.2) is 9.97 Å². The Kier molecular flexibility index (Phi) is 5.22. The molecule has 0 bridgehead atoms. The number of hydrogen-bond donors (Lipinski definition) is 1. The van der Waals surface area contributed by atoms with E-state index in [1.807, 2.05) is 49.4 Å². The van der Waals surface area contributed by atoms with Crippen LogP contribution in [0.2, 0.25) is 0 Å². The average molecular weight is 478 g/mol. The summed E-state index contributed by atoms with van der Waals surface area (Å²) in [7, 11) is 1.58. The van der Waals surface area contributed by atoms with E-state index in [4.69, 9.17) is 4.74 Å². The number of hydrogen-bond acceptors (Lipinski definition) is 8. The summed E-state index contributed by atoms with van der Waals surface area (Å²) in [5.41, 5.74) is 2.01. The van der Waals surface area contributed by atoms with Crippen LogP contribution < -0.4 is 9.64 Å². The van der Waals surface area contributed by atoms with E-state index in [1.165, 1.54) is 27.6 Å². The predicted molar refractivity (Wildman–Crippen MR) is 128 cm³/mol. The SMILES string of the molecule is COc1ccc2nc(N3C(=O)C(O)=C(C(=O)c4sc(C)nc4C)C3c3ccccc3)sc2c1. The maximum absolute atomic E-state index is 13.6. The number of nitrogens with zero attached hydrogens (tertiary/aromatic N) is 3. The molecule has 1 aliphatic rings. The number of thiazole rings is 2. The predicted octanol–water partition coefficient (Wildman–Crippen LogP) is 5.16. The Hall–Kier alpha value is -3.56. The molecule has 0 aliphatic carbocycles. The van der Waals surface area contributed by atoms with Gasteiger partial charge in [-0.15, -0.1) is 11.3 Å². The summed E-state index contributed by atoms with van der Waals surface area (Å²) in [6.45, 7) is 3.57. The summed E-state index contributed by atoms with van der Waals surface area (Å²) in [6.07, 6.45) is 0. The van der Waals surface area contributed by atoms with Crippen LogP contribution >= 0.6 is 22.7 Å². The second-order valence-electron chi connectivity index (χ2n) is 7.56. The van der Waals surface area contributed by atoms with Crippen molar-refractivity contribution in [3.05, 3.63) is 81.0 Å². The van der Waals surface area contributed by atoms with Gasteiger partial charge in [-0.3, -0.25) is 14.5 Å². The van der Waals surface area contributed by atoms with Crippen molar-refractivity contribution >= 4 is 49.7 Å². The van der Waals surface area contributed by atoms with Gasteiger partial charge in [0.05, 0.1) is 44.5 Å². The van der Waals surface area contributed by atoms with Gasteiger partial charge in [-0.2, -0.15) is 0 Å². The van der Waals surface area contributed by atoms with Crippen LogP contribution in [0.15, 0.2) is 59.9 Å². The van der Waals surface area contributed by atoms with Gasteiger partial charge in [-0.05, 0) is 37.6 Å². The summed E-state index contributed by atoms with van der Waals surface area (Å²) in [5, 5.41) is 12.1. The zero-order chi connectivity index (χ0) is 23.3. The van der Waals surface area contributed by atoms with Crippen LogP contribution in [-0.2, 0) is 4.79 Å². The van der Waals surface area contributed by atoms with E-state index in [-0.39, 0.29) is 5.57 Å². The van der Waals surface area contributed by atoms with Gasteiger partial charge in [0.2, 0.25) is 5.78 Å². The molecule has 0 fully saturated rings. The fraction of sp³-hybridized carbons (Fsp3) is 0.167. The Balaban J connectivity index is 1.67. The minimum atomic E-state index is -0.810. The van der Waals surface area contributed by atoms with E-state index in [0.29, 0.717) is 32.5 Å². The number of fused-ring (bicyclic) bond motifs is 1. The summed E-state index contributed by atoms with van der Waals surface area (Å²) < 4.78 is 6.13. The fourth-order valence-corrected chi connectivity index (χ4v) is 5.87. The first-order valence-electron chi connectivity index (χ1n) is 10.1. The molecule has 1 aliphatic heterocycles. The van der Waals surface area contributed by atoms with Crippen LogP contribution in [0.3, 0.4) is 0 Å². The van der Waals surface area contributed by atoms with Crippen LogP contribution in [0.25, 0.3) is 10.2 Å². The lowest BCUT2D eigenvalue weighted by molar-refractivity contribution is -0.117. The molecule has 2 aromatic heterocycles. The van der Waals surface area contributed by atoms with Gasteiger partial charge in [0.1, 0.15) is 5.75 Å². The topological polar surface area (TPSA) is 92.6 Å². The maximum atomic E-state index is 13.6. The van der Waals surface area contributed by atoms with Crippen LogP contribution in [0.5, 0.6) is 5.75 Å². The highest BCUT2D eigenvalue weighted by molar-refractivity contribution is 7.22. The second kappa shape index (κ2) is 8.09. The van der Waals surface area contributed by atoms with E-state index in [9.17, 15) is 14.7 Å². The third-order valence-electron chi connectivity index (χ3n) is 5.47. The number of aryl methyl sites for hydroxylation is 2. The van der Waals surface area contributed by atoms with Crippen LogP contribution in [0, 0.1) is 13.8 Å². The van der Waals surface area contributed by atoms with E-state index >= 15 is 0 Å². The van der Waals surface area contributed by atoms with Gasteiger partial charge in [0.25, 0.3) is 5.91 Å². The second-order valence-corrected chi connectivity index (χ2v) is 9.77. The molecule has 1 amide bonds. The third-order valence-corrected chi connectivity index (χ3v) is 7.56. The summed E-state index contributed by atoms with van der Waals surface area (Å²) in [5.74, 6) is -0.936. The molecule has 7 nitrogen and oxygen atoms in total. The molecule has 0 saturated heterocycles. The number of benzene rings is 2. The number of carbonyl (C=O) groups is 2. The highest BCUT2D eigenvalue weighted by atomic mass is 32.1. The Labute approximate surface area is 197 Å². The molecule has 5 rings (SSSR count). The molecule has 166 valence electrons. The number of aromatic nitrogens is 2. The van der Waals surface area contributed by atoms with Crippen molar-refractivity contribution in [3.8, 4) is 5.75 Å². The van der Waals surface area contributed by atoms with Crippen molar-refractivity contribution in [2.75, 3.05) is 12.0 Å². The molecule has 9 heteroatoms. The number of rotatable bonds is 5. The Morgan fingerprint density at radius 1 is 1.09 bits per heavy atom. The Morgan fingerprint density at radius 3 is 2.52 bits per heavy atom. The maximum Gasteiger partial charge on any atom is 0.296 e. The lowest BCUT2D eigenvalue weighted by Gasteiger charge is -2.24. The molecule has 1 atom stereocenters. The van der Waals surface area contributed by atoms with E-state index < -0.39 is 23.5 Å². The van der Waals surface area contributed by atoms with E-state index in [0.717, 1.165) is 9.71 Å². The minimum Gasteiger partial charge on any atom is -0.503 e. The number of ether oxygens (including phenoxy) is 1. The van der Waals surface area contributed by atoms with Crippen LogP contribution in [0.1, 0.15) is 32.0 Å². The van der Waals surface area contributed by atoms with E-state index in [2.05, 4.69) is 9.97 Å². The molecule has 33 heavy (non-hydrogen) atoms. The summed E-state index contributed by atoms with van der Waals surface area (Å²) in [4.78, 5) is 37.7. The third kappa shape index (κ3) is 3.49. The normalized spacial score (nSPS) is 16.2. The number of anilines is 1. The standard InChI is InChI=1S/C24H19N3O4S2/c1-12-22(32-13(2)25-12)20(28)18-19(14-7-5-4-6-8-14)27(23(30)21(18)29)24-26-16-10-9-15(31-3)11-17(16)33-24/h4-11,19,29H,1-3H3. The highest BCUT2D eigenvalue weighted by Gasteiger charge is 2.46. The Morgan fingerprint density at radius 2 is 1.85 bits per heavy atom.